The van der Waals surface area contributed by atoms with Gasteiger partial charge in [-0.3, -0.25) is 0 Å². The molecule has 17 heavy (non-hydrogen) atoms. The molecule has 0 radical (unpaired) electrons. The number of ether oxygens (including phenoxy) is 1. The van der Waals surface area contributed by atoms with Gasteiger partial charge in [-0.2, -0.15) is 9.65 Å². The van der Waals surface area contributed by atoms with Gasteiger partial charge in [0.05, 0.1) is 18.7 Å². The van der Waals surface area contributed by atoms with Crippen LogP contribution >= 0.6 is 0 Å². The summed E-state index contributed by atoms with van der Waals surface area (Å²) in [5.74, 6) is -1.71. The lowest BCUT2D eigenvalue weighted by Crippen LogP contribution is -2.19. The topological polar surface area (TPSA) is 71.9 Å². The smallest absolute Gasteiger partial charge is 0.404 e. The monoisotopic (exact) mass is 249 g/mol. The Balaban J connectivity index is 3.26. The number of nitriles is 1. The molecule has 0 atom stereocenters. The lowest BCUT2D eigenvalue weighted by atomic mass is 10.1. The van der Waals surface area contributed by atoms with E-state index >= 15 is 0 Å². The number of hydrogen-bond acceptors (Lipinski definition) is 4. The number of hydrogen-bond donors (Lipinski definition) is 1. The highest BCUT2D eigenvalue weighted by Gasteiger charge is 2.33. The second-order valence-electron chi connectivity index (χ2n) is 2.96. The van der Waals surface area contributed by atoms with Gasteiger partial charge in [0.15, 0.2) is 5.75 Å². The van der Waals surface area contributed by atoms with Gasteiger partial charge in [-0.05, 0) is 0 Å². The van der Waals surface area contributed by atoms with Crippen LogP contribution in [0, 0.1) is 17.3 Å². The minimum atomic E-state index is -4.93. The van der Waals surface area contributed by atoms with Crippen LogP contribution < -0.4 is 10.5 Å². The van der Waals surface area contributed by atoms with Gasteiger partial charge in [0.2, 0.25) is 5.95 Å². The number of aromatic nitrogens is 1. The normalized spacial score (nSPS) is 11.1. The lowest BCUT2D eigenvalue weighted by Gasteiger charge is -2.14. The van der Waals surface area contributed by atoms with Gasteiger partial charge < -0.3 is 10.5 Å². The van der Waals surface area contributed by atoms with E-state index in [1.807, 2.05) is 0 Å². The van der Waals surface area contributed by atoms with Crippen molar-refractivity contribution in [2.24, 2.45) is 5.73 Å². The van der Waals surface area contributed by atoms with Crippen molar-refractivity contribution < 1.29 is 22.3 Å². The summed E-state index contributed by atoms with van der Waals surface area (Å²) in [6.45, 7) is -0.370. The zero-order chi connectivity index (χ0) is 13.1. The van der Waals surface area contributed by atoms with Gasteiger partial charge in [-0.15, -0.1) is 13.2 Å². The van der Waals surface area contributed by atoms with Crippen molar-refractivity contribution in [2.75, 3.05) is 0 Å². The predicted octanol–water partition coefficient (Wildman–Crippen LogP) is 1.64. The third kappa shape index (κ3) is 3.29. The molecule has 1 aromatic rings. The van der Waals surface area contributed by atoms with E-state index in [-0.39, 0.29) is 17.7 Å². The molecule has 8 heteroatoms. The first-order chi connectivity index (χ1) is 7.89. The molecular formula is C9H7F4N3O. The molecule has 0 aliphatic heterocycles. The summed E-state index contributed by atoms with van der Waals surface area (Å²) in [5, 5.41) is 8.48. The van der Waals surface area contributed by atoms with Gasteiger partial charge in [-0.1, -0.05) is 0 Å². The van der Waals surface area contributed by atoms with E-state index in [0.29, 0.717) is 6.20 Å². The summed E-state index contributed by atoms with van der Waals surface area (Å²) in [7, 11) is 0. The van der Waals surface area contributed by atoms with Crippen molar-refractivity contribution in [3.05, 3.63) is 23.3 Å². The molecule has 0 unspecified atom stereocenters. The molecule has 0 saturated heterocycles. The molecule has 0 bridgehead atoms. The van der Waals surface area contributed by atoms with Crippen LogP contribution in [0.5, 0.6) is 5.75 Å². The molecule has 4 nitrogen and oxygen atoms in total. The minimum absolute atomic E-state index is 0.236. The highest BCUT2D eigenvalue weighted by molar-refractivity contribution is 5.39. The zero-order valence-electron chi connectivity index (χ0n) is 8.38. The zero-order valence-corrected chi connectivity index (χ0v) is 8.38. The molecule has 92 valence electrons. The fourth-order valence-electron chi connectivity index (χ4n) is 1.24. The maximum Gasteiger partial charge on any atom is 0.573 e. The molecule has 0 fully saturated rings. The Bertz CT molecular complexity index is 453. The molecular weight excluding hydrogens is 242 g/mol. The Morgan fingerprint density at radius 3 is 2.53 bits per heavy atom. The lowest BCUT2D eigenvalue weighted by molar-refractivity contribution is -0.275. The van der Waals surface area contributed by atoms with Crippen LogP contribution in [0.1, 0.15) is 11.1 Å². The van der Waals surface area contributed by atoms with E-state index in [1.54, 1.807) is 6.07 Å². The van der Waals surface area contributed by atoms with Gasteiger partial charge in [0.1, 0.15) is 0 Å². The molecule has 0 amide bonds. The van der Waals surface area contributed by atoms with Gasteiger partial charge in [0, 0.05) is 17.7 Å². The Morgan fingerprint density at radius 1 is 1.41 bits per heavy atom. The van der Waals surface area contributed by atoms with E-state index < -0.39 is 24.5 Å². The molecule has 0 aliphatic carbocycles. The first-order valence-corrected chi connectivity index (χ1v) is 4.38. The van der Waals surface area contributed by atoms with Crippen LogP contribution in [0.25, 0.3) is 0 Å². The fraction of sp³-hybridized carbons (Fsp3) is 0.333. The van der Waals surface area contributed by atoms with Crippen molar-refractivity contribution in [2.45, 2.75) is 19.3 Å². The van der Waals surface area contributed by atoms with Gasteiger partial charge >= 0.3 is 6.36 Å². The molecule has 0 aliphatic rings. The minimum Gasteiger partial charge on any atom is -0.404 e. The summed E-state index contributed by atoms with van der Waals surface area (Å²) in [6.07, 6.45) is -4.80. The van der Waals surface area contributed by atoms with Crippen molar-refractivity contribution >= 4 is 0 Å². The number of halogens is 4. The van der Waals surface area contributed by atoms with Crippen molar-refractivity contribution in [1.82, 2.24) is 4.98 Å². The number of nitrogens with zero attached hydrogens (tertiary/aromatic N) is 2. The fourth-order valence-corrected chi connectivity index (χ4v) is 1.24. The highest BCUT2D eigenvalue weighted by atomic mass is 19.4. The Morgan fingerprint density at radius 2 is 2.06 bits per heavy atom. The van der Waals surface area contributed by atoms with E-state index in [0.717, 1.165) is 0 Å². The van der Waals surface area contributed by atoms with Crippen LogP contribution in [0.3, 0.4) is 0 Å². The largest absolute Gasteiger partial charge is 0.573 e. The standard InChI is InChI=1S/C9H7F4N3O/c10-8-6(3-15)5(1-2-14)7(4-16-8)17-9(11,12)13/h4H,1,3,15H2. The van der Waals surface area contributed by atoms with Crippen molar-refractivity contribution in [3.63, 3.8) is 0 Å². The van der Waals surface area contributed by atoms with Crippen LogP contribution in [-0.2, 0) is 13.0 Å². The number of nitrogens with two attached hydrogens (primary N) is 1. The Kier molecular flexibility index (Phi) is 3.85. The number of alkyl halides is 3. The molecule has 1 rings (SSSR count). The Labute approximate surface area is 93.6 Å². The van der Waals surface area contributed by atoms with Crippen LogP contribution in [-0.4, -0.2) is 11.3 Å². The SMILES string of the molecule is N#CCc1c(OC(F)(F)F)cnc(F)c1CN. The second kappa shape index (κ2) is 4.97. The molecule has 0 aromatic carbocycles. The molecule has 1 heterocycles. The third-order valence-electron chi connectivity index (χ3n) is 1.89. The second-order valence-corrected chi connectivity index (χ2v) is 2.96. The van der Waals surface area contributed by atoms with E-state index in [9.17, 15) is 17.6 Å². The summed E-state index contributed by atoms with van der Waals surface area (Å²) in [6, 6.07) is 1.61. The first kappa shape index (κ1) is 13.2. The summed E-state index contributed by atoms with van der Waals surface area (Å²) in [4.78, 5) is 3.10. The summed E-state index contributed by atoms with van der Waals surface area (Å²) in [5.41, 5.74) is 4.70. The van der Waals surface area contributed by atoms with Crippen molar-refractivity contribution in [3.8, 4) is 11.8 Å². The molecule has 0 spiro atoms. The average molecular weight is 249 g/mol. The van der Waals surface area contributed by atoms with Gasteiger partial charge in [-0.25, -0.2) is 4.98 Å². The van der Waals surface area contributed by atoms with Crippen LogP contribution in [0.15, 0.2) is 6.20 Å². The molecule has 0 saturated carbocycles. The average Bonchev–Trinajstić information content (AvgIpc) is 2.21. The molecule has 2 N–H and O–H groups in total. The van der Waals surface area contributed by atoms with Crippen LogP contribution in [0.2, 0.25) is 0 Å². The van der Waals surface area contributed by atoms with E-state index in [2.05, 4.69) is 9.72 Å². The predicted molar refractivity (Wildman–Crippen MR) is 48.1 cm³/mol. The first-order valence-electron chi connectivity index (χ1n) is 4.38. The third-order valence-corrected chi connectivity index (χ3v) is 1.89. The number of pyridine rings is 1. The maximum absolute atomic E-state index is 13.1. The maximum atomic E-state index is 13.1. The van der Waals surface area contributed by atoms with Gasteiger partial charge in [0.25, 0.3) is 0 Å². The van der Waals surface area contributed by atoms with E-state index in [4.69, 9.17) is 11.0 Å². The van der Waals surface area contributed by atoms with Crippen molar-refractivity contribution in [1.29, 1.82) is 5.26 Å². The van der Waals surface area contributed by atoms with Crippen LogP contribution in [0.4, 0.5) is 17.6 Å². The summed E-state index contributed by atoms with van der Waals surface area (Å²) < 4.78 is 52.9. The quantitative estimate of drug-likeness (QED) is 0.653. The number of rotatable bonds is 3. The summed E-state index contributed by atoms with van der Waals surface area (Å²) >= 11 is 0. The molecule has 1 aromatic heterocycles. The Hall–Kier alpha value is -1.88. The van der Waals surface area contributed by atoms with E-state index in [1.165, 1.54) is 0 Å². The highest BCUT2D eigenvalue weighted by Crippen LogP contribution is 2.29.